The van der Waals surface area contributed by atoms with E-state index in [4.69, 9.17) is 4.42 Å². The van der Waals surface area contributed by atoms with Crippen LogP contribution in [-0.2, 0) is 0 Å². The summed E-state index contributed by atoms with van der Waals surface area (Å²) in [7, 11) is 0. The summed E-state index contributed by atoms with van der Waals surface area (Å²) in [6.45, 7) is 3.63. The molecular weight excluding hydrogens is 308 g/mol. The summed E-state index contributed by atoms with van der Waals surface area (Å²) in [5, 5.41) is 4.03. The zero-order valence-electron chi connectivity index (χ0n) is 10.6. The molecule has 19 heavy (non-hydrogen) atoms. The van der Waals surface area contributed by atoms with E-state index in [0.29, 0.717) is 17.0 Å². The van der Waals surface area contributed by atoms with Crippen molar-refractivity contribution < 1.29 is 9.21 Å². The number of amides is 1. The van der Waals surface area contributed by atoms with Crippen LogP contribution in [0, 0.1) is 6.92 Å². The lowest BCUT2D eigenvalue weighted by molar-refractivity contribution is 0.0954. The normalized spacial score (nSPS) is 11.4. The summed E-state index contributed by atoms with van der Waals surface area (Å²) in [6, 6.07) is 10.8. The van der Waals surface area contributed by atoms with Crippen LogP contribution in [0.25, 0.3) is 0 Å². The number of rotatable bonds is 3. The Bertz CT molecular complexity index is 632. The smallest absolute Gasteiger partial charge is 0.272 e. The number of furan rings is 1. The molecule has 0 aliphatic rings. The van der Waals surface area contributed by atoms with Gasteiger partial charge >= 0.3 is 0 Å². The summed E-state index contributed by atoms with van der Waals surface area (Å²) in [6.07, 6.45) is 0. The van der Waals surface area contributed by atoms with E-state index in [1.807, 2.05) is 25.1 Å². The third-order valence-electron chi connectivity index (χ3n) is 2.54. The zero-order valence-corrected chi connectivity index (χ0v) is 12.2. The van der Waals surface area contributed by atoms with Gasteiger partial charge in [-0.3, -0.25) is 4.79 Å². The fourth-order valence-corrected chi connectivity index (χ4v) is 1.99. The minimum absolute atomic E-state index is 0.268. The number of carbonyl (C=O) groups is 1. The van der Waals surface area contributed by atoms with E-state index in [0.717, 1.165) is 10.2 Å². The van der Waals surface area contributed by atoms with Crippen LogP contribution in [0.3, 0.4) is 0 Å². The largest absolute Gasteiger partial charge is 0.460 e. The fourth-order valence-electron chi connectivity index (χ4n) is 1.52. The Morgan fingerprint density at radius 1 is 1.26 bits per heavy atom. The molecule has 0 aliphatic carbocycles. The monoisotopic (exact) mass is 320 g/mol. The van der Waals surface area contributed by atoms with E-state index in [1.54, 1.807) is 25.1 Å². The second kappa shape index (κ2) is 5.84. The number of carbonyl (C=O) groups excluding carboxylic acids is 1. The molecule has 98 valence electrons. The minimum Gasteiger partial charge on any atom is -0.460 e. The van der Waals surface area contributed by atoms with Crippen molar-refractivity contribution in [2.45, 2.75) is 13.8 Å². The van der Waals surface area contributed by atoms with Crippen molar-refractivity contribution in [3.05, 3.63) is 58.0 Å². The number of hydrazone groups is 1. The molecule has 1 heterocycles. The van der Waals surface area contributed by atoms with Gasteiger partial charge in [0.15, 0.2) is 0 Å². The molecule has 0 unspecified atom stereocenters. The van der Waals surface area contributed by atoms with E-state index in [9.17, 15) is 4.79 Å². The second-order valence-corrected chi connectivity index (χ2v) is 4.88. The Hall–Kier alpha value is -1.88. The molecule has 0 saturated carbocycles. The van der Waals surface area contributed by atoms with E-state index in [2.05, 4.69) is 26.5 Å². The van der Waals surface area contributed by atoms with Gasteiger partial charge in [0.05, 0.1) is 5.56 Å². The number of hydrogen-bond donors (Lipinski definition) is 1. The first kappa shape index (κ1) is 13.5. The summed E-state index contributed by atoms with van der Waals surface area (Å²) < 4.78 is 6.15. The number of halogens is 1. The average Bonchev–Trinajstić information content (AvgIpc) is 2.83. The van der Waals surface area contributed by atoms with Crippen LogP contribution in [0.2, 0.25) is 0 Å². The first-order valence-electron chi connectivity index (χ1n) is 5.74. The van der Waals surface area contributed by atoms with Gasteiger partial charge in [-0.05, 0) is 54.0 Å². The molecule has 5 heteroatoms. The highest BCUT2D eigenvalue weighted by Gasteiger charge is 2.09. The number of nitrogens with one attached hydrogen (secondary N) is 1. The molecule has 0 saturated heterocycles. The highest BCUT2D eigenvalue weighted by Crippen LogP contribution is 2.15. The highest BCUT2D eigenvalue weighted by molar-refractivity contribution is 9.10. The van der Waals surface area contributed by atoms with Gasteiger partial charge in [-0.2, -0.15) is 5.10 Å². The van der Waals surface area contributed by atoms with E-state index < -0.39 is 0 Å². The van der Waals surface area contributed by atoms with Crippen molar-refractivity contribution in [1.29, 1.82) is 0 Å². The average molecular weight is 321 g/mol. The number of nitrogens with zero attached hydrogens (tertiary/aromatic N) is 1. The van der Waals surface area contributed by atoms with Crippen molar-refractivity contribution in [3.63, 3.8) is 0 Å². The maximum absolute atomic E-state index is 11.9. The molecule has 0 atom stereocenters. The Labute approximate surface area is 119 Å². The number of aryl methyl sites for hydroxylation is 1. The Balaban J connectivity index is 2.10. The standard InChI is InChI=1S/C14H13BrN2O2/c1-9-7-8-13(19-9)10(2)16-17-14(18)11-5-3-4-6-12(11)15/h3-8H,1-2H3,(H,17,18). The second-order valence-electron chi connectivity index (χ2n) is 4.03. The topological polar surface area (TPSA) is 54.6 Å². The summed E-state index contributed by atoms with van der Waals surface area (Å²) >= 11 is 3.32. The SMILES string of the molecule is CC(=NNC(=O)c1ccccc1Br)c1ccc(C)o1. The van der Waals surface area contributed by atoms with Crippen LogP contribution >= 0.6 is 15.9 Å². The van der Waals surface area contributed by atoms with Gasteiger partial charge in [-0.25, -0.2) is 5.43 Å². The summed E-state index contributed by atoms with van der Waals surface area (Å²) in [5.74, 6) is 1.18. The van der Waals surface area contributed by atoms with Gasteiger partial charge in [0.2, 0.25) is 0 Å². The van der Waals surface area contributed by atoms with Crippen molar-refractivity contribution in [3.8, 4) is 0 Å². The van der Waals surface area contributed by atoms with Crippen molar-refractivity contribution in [2.24, 2.45) is 5.10 Å². The summed E-state index contributed by atoms with van der Waals surface area (Å²) in [5.41, 5.74) is 3.66. The van der Waals surface area contributed by atoms with Crippen molar-refractivity contribution >= 4 is 27.5 Å². The Kier molecular flexibility index (Phi) is 4.16. The lowest BCUT2D eigenvalue weighted by Crippen LogP contribution is -2.19. The number of hydrogen-bond acceptors (Lipinski definition) is 3. The molecule has 0 radical (unpaired) electrons. The van der Waals surface area contributed by atoms with Gasteiger partial charge in [-0.15, -0.1) is 0 Å². The fraction of sp³-hybridized carbons (Fsp3) is 0.143. The lowest BCUT2D eigenvalue weighted by atomic mass is 10.2. The van der Waals surface area contributed by atoms with Gasteiger partial charge in [0.25, 0.3) is 5.91 Å². The first-order chi connectivity index (χ1) is 9.08. The Morgan fingerprint density at radius 3 is 2.63 bits per heavy atom. The third-order valence-corrected chi connectivity index (χ3v) is 3.23. The van der Waals surface area contributed by atoms with Gasteiger partial charge < -0.3 is 4.42 Å². The van der Waals surface area contributed by atoms with Crippen LogP contribution in [-0.4, -0.2) is 11.6 Å². The van der Waals surface area contributed by atoms with Gasteiger partial charge in [-0.1, -0.05) is 12.1 Å². The maximum atomic E-state index is 11.9. The molecule has 1 amide bonds. The molecule has 0 spiro atoms. The van der Waals surface area contributed by atoms with Crippen LogP contribution in [0.15, 0.2) is 50.4 Å². The third kappa shape index (κ3) is 3.32. The van der Waals surface area contributed by atoms with Crippen LogP contribution < -0.4 is 5.43 Å². The molecule has 1 N–H and O–H groups in total. The highest BCUT2D eigenvalue weighted by atomic mass is 79.9. The first-order valence-corrected chi connectivity index (χ1v) is 6.53. The molecular formula is C14H13BrN2O2. The molecule has 0 fully saturated rings. The van der Waals surface area contributed by atoms with Gasteiger partial charge in [0.1, 0.15) is 17.2 Å². The van der Waals surface area contributed by atoms with Crippen molar-refractivity contribution in [1.82, 2.24) is 5.43 Å². The predicted octanol–water partition coefficient (Wildman–Crippen LogP) is 3.50. The number of benzene rings is 1. The predicted molar refractivity (Wildman–Crippen MR) is 77.3 cm³/mol. The van der Waals surface area contributed by atoms with Crippen molar-refractivity contribution in [2.75, 3.05) is 0 Å². The summed E-state index contributed by atoms with van der Waals surface area (Å²) in [4.78, 5) is 11.9. The van der Waals surface area contributed by atoms with E-state index in [1.165, 1.54) is 0 Å². The molecule has 0 aliphatic heterocycles. The van der Waals surface area contributed by atoms with E-state index >= 15 is 0 Å². The zero-order chi connectivity index (χ0) is 13.8. The molecule has 1 aromatic carbocycles. The quantitative estimate of drug-likeness (QED) is 0.695. The minimum atomic E-state index is -0.268. The van der Waals surface area contributed by atoms with Crippen LogP contribution in [0.4, 0.5) is 0 Å². The molecule has 0 bridgehead atoms. The lowest BCUT2D eigenvalue weighted by Gasteiger charge is -2.03. The maximum Gasteiger partial charge on any atom is 0.272 e. The van der Waals surface area contributed by atoms with Crippen LogP contribution in [0.1, 0.15) is 28.8 Å². The molecule has 2 aromatic rings. The molecule has 2 rings (SSSR count). The van der Waals surface area contributed by atoms with E-state index in [-0.39, 0.29) is 5.91 Å². The molecule has 1 aromatic heterocycles. The van der Waals surface area contributed by atoms with Crippen LogP contribution in [0.5, 0.6) is 0 Å². The molecule has 4 nitrogen and oxygen atoms in total. The van der Waals surface area contributed by atoms with Gasteiger partial charge in [0, 0.05) is 4.47 Å². The Morgan fingerprint density at radius 2 is 2.00 bits per heavy atom.